The molecule has 2 atom stereocenters. The summed E-state index contributed by atoms with van der Waals surface area (Å²) >= 11 is 0. The number of piperidine rings is 1. The van der Waals surface area contributed by atoms with Gasteiger partial charge in [-0.25, -0.2) is 4.79 Å². The molecule has 0 radical (unpaired) electrons. The van der Waals surface area contributed by atoms with Gasteiger partial charge >= 0.3 is 6.03 Å². The molecule has 5 N–H and O–H groups in total. The summed E-state index contributed by atoms with van der Waals surface area (Å²) in [5.41, 5.74) is 8.73. The van der Waals surface area contributed by atoms with Crippen molar-refractivity contribution in [2.75, 3.05) is 37.6 Å². The first-order valence-corrected chi connectivity index (χ1v) is 17.7. The fraction of sp³-hybridized carbons (Fsp3) is 0.514. The van der Waals surface area contributed by atoms with Gasteiger partial charge in [0.15, 0.2) is 5.60 Å². The zero-order valence-corrected chi connectivity index (χ0v) is 28.7. The Morgan fingerprint density at radius 3 is 2.57 bits per heavy atom. The molecule has 49 heavy (non-hydrogen) atoms. The van der Waals surface area contributed by atoms with E-state index in [4.69, 9.17) is 10.5 Å². The van der Waals surface area contributed by atoms with E-state index < -0.39 is 5.60 Å². The molecule has 12 nitrogen and oxygen atoms in total. The van der Waals surface area contributed by atoms with Gasteiger partial charge in [-0.1, -0.05) is 30.3 Å². The van der Waals surface area contributed by atoms with Crippen molar-refractivity contribution >= 4 is 23.5 Å². The lowest BCUT2D eigenvalue weighted by atomic mass is 10.0. The molecular weight excluding hydrogens is 620 g/mol. The SMILES string of the molecule is CC(C)(Oc1cccc(N2CCC[C@H](NC(=O)N(Cc3ccc(-c4cn[nH]c4)cc3)C3CC3)C2)c1)C(=O)NCC(=O)N1CCCC1CCN. The van der Waals surface area contributed by atoms with Crippen molar-refractivity contribution in [2.45, 2.75) is 89.1 Å². The van der Waals surface area contributed by atoms with Crippen LogP contribution in [-0.2, 0) is 16.1 Å². The van der Waals surface area contributed by atoms with E-state index in [1.807, 2.05) is 40.3 Å². The number of nitrogens with two attached hydrogens (primary N) is 1. The Morgan fingerprint density at radius 2 is 1.84 bits per heavy atom. The van der Waals surface area contributed by atoms with Crippen LogP contribution in [0.15, 0.2) is 60.9 Å². The number of nitrogens with one attached hydrogen (secondary N) is 3. The molecule has 6 rings (SSSR count). The number of nitrogens with zero attached hydrogens (tertiary/aromatic N) is 4. The fourth-order valence-corrected chi connectivity index (χ4v) is 6.96. The quantitative estimate of drug-likeness (QED) is 0.215. The first-order valence-electron chi connectivity index (χ1n) is 17.7. The Labute approximate surface area is 288 Å². The highest BCUT2D eigenvalue weighted by molar-refractivity contribution is 5.89. The normalized spacial score (nSPS) is 19.4. The average Bonchev–Trinajstić information content (AvgIpc) is 3.56. The lowest BCUT2D eigenvalue weighted by Gasteiger charge is -2.36. The number of ether oxygens (including phenoxy) is 1. The standard InChI is InChI=1S/C37H50N8O4/c1-37(2,35(47)39-23-34(46)44-19-5-8-30(44)16-17-38)49-33-9-3-7-32(20-33)43-18-4-6-29(25-43)42-36(48)45(31-14-15-31)24-26-10-12-27(13-11-26)28-21-40-41-22-28/h3,7,9-13,20-22,29-31H,4-6,8,14-19,23-25,38H2,1-2H3,(H,39,47)(H,40,41)(H,42,48)/t29-,30?/m0/s1. The maximum atomic E-state index is 13.6. The van der Waals surface area contributed by atoms with Crippen molar-refractivity contribution in [1.82, 2.24) is 30.6 Å². The molecule has 1 aromatic heterocycles. The van der Waals surface area contributed by atoms with Crippen molar-refractivity contribution in [3.8, 4) is 16.9 Å². The minimum Gasteiger partial charge on any atom is -0.478 e. The summed E-state index contributed by atoms with van der Waals surface area (Å²) in [5.74, 6) is 0.126. The van der Waals surface area contributed by atoms with Crippen LogP contribution in [0.5, 0.6) is 5.75 Å². The van der Waals surface area contributed by atoms with Gasteiger partial charge in [0, 0.05) is 67.8 Å². The van der Waals surface area contributed by atoms with Crippen LogP contribution >= 0.6 is 0 Å². The largest absolute Gasteiger partial charge is 0.478 e. The lowest BCUT2D eigenvalue weighted by molar-refractivity contribution is -0.138. The van der Waals surface area contributed by atoms with Gasteiger partial charge in [0.1, 0.15) is 5.75 Å². The second kappa shape index (κ2) is 15.3. The van der Waals surface area contributed by atoms with Gasteiger partial charge in [0.05, 0.1) is 12.7 Å². The van der Waals surface area contributed by atoms with Crippen LogP contribution in [0.2, 0.25) is 0 Å². The number of amides is 4. The number of likely N-dealkylation sites (tertiary alicyclic amines) is 1. The van der Waals surface area contributed by atoms with Gasteiger partial charge in [-0.05, 0) is 88.6 Å². The molecule has 1 saturated carbocycles. The van der Waals surface area contributed by atoms with E-state index in [-0.39, 0.29) is 42.5 Å². The van der Waals surface area contributed by atoms with Crippen LogP contribution in [0, 0.1) is 0 Å². The molecule has 1 aliphatic carbocycles. The predicted molar refractivity (Wildman–Crippen MR) is 189 cm³/mol. The van der Waals surface area contributed by atoms with E-state index in [2.05, 4.69) is 50.0 Å². The number of carbonyl (C=O) groups excluding carboxylic acids is 3. The van der Waals surface area contributed by atoms with Crippen molar-refractivity contribution in [3.63, 3.8) is 0 Å². The molecule has 1 unspecified atom stereocenters. The molecule has 3 aromatic rings. The summed E-state index contributed by atoms with van der Waals surface area (Å²) in [4.78, 5) is 45.6. The highest BCUT2D eigenvalue weighted by atomic mass is 16.5. The van der Waals surface area contributed by atoms with E-state index in [1.165, 1.54) is 0 Å². The number of anilines is 1. The molecule has 0 spiro atoms. The molecule has 2 aromatic carbocycles. The third-order valence-electron chi connectivity index (χ3n) is 9.84. The van der Waals surface area contributed by atoms with Crippen molar-refractivity contribution in [2.24, 2.45) is 5.73 Å². The number of urea groups is 1. The van der Waals surface area contributed by atoms with E-state index in [0.29, 0.717) is 31.9 Å². The minimum atomic E-state index is -1.19. The molecule has 4 amide bonds. The summed E-state index contributed by atoms with van der Waals surface area (Å²) in [7, 11) is 0. The Morgan fingerprint density at radius 1 is 1.04 bits per heavy atom. The summed E-state index contributed by atoms with van der Waals surface area (Å²) in [6, 6.07) is 16.5. The van der Waals surface area contributed by atoms with Crippen LogP contribution in [0.3, 0.4) is 0 Å². The predicted octanol–water partition coefficient (Wildman–Crippen LogP) is 4.03. The van der Waals surface area contributed by atoms with Crippen molar-refractivity contribution in [3.05, 3.63) is 66.5 Å². The zero-order chi connectivity index (χ0) is 34.4. The fourth-order valence-electron chi connectivity index (χ4n) is 6.96. The number of H-pyrrole nitrogens is 1. The molecule has 2 aliphatic heterocycles. The average molecular weight is 671 g/mol. The highest BCUT2D eigenvalue weighted by Gasteiger charge is 2.35. The third-order valence-corrected chi connectivity index (χ3v) is 9.84. The molecule has 12 heteroatoms. The number of carbonyl (C=O) groups is 3. The number of hydrogen-bond donors (Lipinski definition) is 4. The molecule has 2 saturated heterocycles. The van der Waals surface area contributed by atoms with Crippen LogP contribution in [0.4, 0.5) is 10.5 Å². The van der Waals surface area contributed by atoms with Crippen LogP contribution < -0.4 is 26.0 Å². The smallest absolute Gasteiger partial charge is 0.318 e. The molecule has 3 aliphatic rings. The van der Waals surface area contributed by atoms with Gasteiger partial charge < -0.3 is 35.8 Å². The first kappa shape index (κ1) is 34.3. The highest BCUT2D eigenvalue weighted by Crippen LogP contribution is 2.30. The summed E-state index contributed by atoms with van der Waals surface area (Å²) in [6.07, 6.45) is 10.3. The molecule has 3 fully saturated rings. The second-order valence-electron chi connectivity index (χ2n) is 14.0. The van der Waals surface area contributed by atoms with Gasteiger partial charge in [0.25, 0.3) is 5.91 Å². The van der Waals surface area contributed by atoms with E-state index in [0.717, 1.165) is 73.9 Å². The van der Waals surface area contributed by atoms with E-state index >= 15 is 0 Å². The van der Waals surface area contributed by atoms with Gasteiger partial charge in [0.2, 0.25) is 5.91 Å². The third kappa shape index (κ3) is 8.72. The van der Waals surface area contributed by atoms with Crippen LogP contribution in [0.1, 0.15) is 64.4 Å². The maximum Gasteiger partial charge on any atom is 0.318 e. The number of aromatic amines is 1. The summed E-state index contributed by atoms with van der Waals surface area (Å²) < 4.78 is 6.19. The Kier molecular flexibility index (Phi) is 10.7. The Hall–Kier alpha value is -4.58. The van der Waals surface area contributed by atoms with Gasteiger partial charge in [-0.15, -0.1) is 0 Å². The molecule has 3 heterocycles. The van der Waals surface area contributed by atoms with Gasteiger partial charge in [-0.3, -0.25) is 14.7 Å². The minimum absolute atomic E-state index is 0.00959. The number of hydrogen-bond acceptors (Lipinski definition) is 7. The second-order valence-corrected chi connectivity index (χ2v) is 14.0. The number of rotatable bonds is 13. The van der Waals surface area contributed by atoms with Crippen LogP contribution in [0.25, 0.3) is 11.1 Å². The molecule has 262 valence electrons. The topological polar surface area (TPSA) is 149 Å². The summed E-state index contributed by atoms with van der Waals surface area (Å²) in [5, 5.41) is 13.0. The van der Waals surface area contributed by atoms with Crippen molar-refractivity contribution in [1.29, 1.82) is 0 Å². The van der Waals surface area contributed by atoms with Crippen molar-refractivity contribution < 1.29 is 19.1 Å². The Bertz CT molecular complexity index is 1570. The Balaban J connectivity index is 1.01. The van der Waals surface area contributed by atoms with E-state index in [9.17, 15) is 14.4 Å². The van der Waals surface area contributed by atoms with Gasteiger partial charge in [-0.2, -0.15) is 5.10 Å². The van der Waals surface area contributed by atoms with Crippen LogP contribution in [-0.4, -0.2) is 94.3 Å². The number of aromatic nitrogens is 2. The monoisotopic (exact) mass is 670 g/mol. The molecule has 0 bridgehead atoms. The molecular formula is C37H50N8O4. The lowest BCUT2D eigenvalue weighted by Crippen LogP contribution is -2.52. The number of benzene rings is 2. The maximum absolute atomic E-state index is 13.6. The summed E-state index contributed by atoms with van der Waals surface area (Å²) in [6.45, 7) is 6.70. The van der Waals surface area contributed by atoms with E-state index in [1.54, 1.807) is 20.0 Å². The zero-order valence-electron chi connectivity index (χ0n) is 28.7. The first-order chi connectivity index (χ1) is 23.7.